The number of halogens is 1. The number of likely N-dealkylation sites (tertiary alicyclic amines) is 1. The Morgan fingerprint density at radius 1 is 1.13 bits per heavy atom. The van der Waals surface area contributed by atoms with Crippen molar-refractivity contribution in [3.05, 3.63) is 64.3 Å². The van der Waals surface area contributed by atoms with Crippen LogP contribution >= 0.6 is 11.6 Å². The number of likely N-dealkylation sites (N-methyl/N-ethyl adjacent to an activating group) is 1. The molecule has 2 amide bonds. The van der Waals surface area contributed by atoms with E-state index in [1.165, 1.54) is 10.5 Å². The molecule has 0 unspecified atom stereocenters. The molecule has 154 valence electrons. The number of fused-ring (bicyclic) bond motifs is 3. The maximum Gasteiger partial charge on any atom is 0.246 e. The number of aromatic nitrogens is 1. The molecular formula is C23H22ClN3O3. The van der Waals surface area contributed by atoms with Crippen molar-refractivity contribution in [1.82, 2.24) is 14.8 Å². The van der Waals surface area contributed by atoms with Crippen LogP contribution < -0.4 is 4.74 Å². The Kier molecular flexibility index (Phi) is 4.56. The maximum absolute atomic E-state index is 12.8. The molecule has 0 bridgehead atoms. The van der Waals surface area contributed by atoms with Crippen molar-refractivity contribution in [2.75, 3.05) is 20.7 Å². The van der Waals surface area contributed by atoms with Gasteiger partial charge in [0.2, 0.25) is 11.8 Å². The fraction of sp³-hybridized carbons (Fsp3) is 0.304. The number of ether oxygens (including phenoxy) is 1. The van der Waals surface area contributed by atoms with E-state index in [2.05, 4.69) is 16.0 Å². The zero-order chi connectivity index (χ0) is 21.0. The molecule has 1 N–H and O–H groups in total. The molecule has 5 rings (SSSR count). The first-order chi connectivity index (χ1) is 14.5. The summed E-state index contributed by atoms with van der Waals surface area (Å²) in [6.07, 6.45) is 0.997. The van der Waals surface area contributed by atoms with Gasteiger partial charge in [0.1, 0.15) is 5.75 Å². The Hall–Kier alpha value is -2.83. The van der Waals surface area contributed by atoms with E-state index in [4.69, 9.17) is 16.3 Å². The summed E-state index contributed by atoms with van der Waals surface area (Å²) in [5, 5.41) is 1.79. The number of imide groups is 1. The summed E-state index contributed by atoms with van der Waals surface area (Å²) in [4.78, 5) is 32.0. The minimum Gasteiger partial charge on any atom is -0.497 e. The van der Waals surface area contributed by atoms with Gasteiger partial charge in [-0.25, -0.2) is 0 Å². The highest BCUT2D eigenvalue weighted by Gasteiger charge is 2.45. The number of nitrogens with one attached hydrogen (secondary N) is 1. The van der Waals surface area contributed by atoms with E-state index in [1.54, 1.807) is 14.2 Å². The minimum absolute atomic E-state index is 0.132. The number of carbonyl (C=O) groups excluding carboxylic acids is 2. The molecule has 3 aromatic rings. The van der Waals surface area contributed by atoms with Gasteiger partial charge in [-0.2, -0.15) is 0 Å². The molecule has 2 aliphatic rings. The molecule has 2 aliphatic heterocycles. The molecular weight excluding hydrogens is 402 g/mol. The van der Waals surface area contributed by atoms with Gasteiger partial charge >= 0.3 is 0 Å². The zero-order valence-electron chi connectivity index (χ0n) is 16.8. The van der Waals surface area contributed by atoms with E-state index in [0.29, 0.717) is 11.6 Å². The van der Waals surface area contributed by atoms with Gasteiger partial charge in [-0.05, 0) is 47.9 Å². The Labute approximate surface area is 179 Å². The monoisotopic (exact) mass is 423 g/mol. The number of aromatic amines is 1. The summed E-state index contributed by atoms with van der Waals surface area (Å²) >= 11 is 6.13. The Morgan fingerprint density at radius 2 is 1.90 bits per heavy atom. The number of carbonyl (C=O) groups is 2. The van der Waals surface area contributed by atoms with Crippen LogP contribution in [0.15, 0.2) is 42.5 Å². The highest BCUT2D eigenvalue weighted by molar-refractivity contribution is 6.30. The number of hydrogen-bond donors (Lipinski definition) is 1. The van der Waals surface area contributed by atoms with Crippen molar-refractivity contribution in [2.24, 2.45) is 0 Å². The minimum atomic E-state index is -0.461. The Balaban J connectivity index is 1.66. The lowest BCUT2D eigenvalue weighted by molar-refractivity contribution is -0.138. The molecule has 6 nitrogen and oxygen atoms in total. The second kappa shape index (κ2) is 7.15. The summed E-state index contributed by atoms with van der Waals surface area (Å²) in [7, 11) is 3.23. The quantitative estimate of drug-likeness (QED) is 0.654. The summed E-state index contributed by atoms with van der Waals surface area (Å²) < 4.78 is 5.42. The van der Waals surface area contributed by atoms with Crippen LogP contribution in [-0.4, -0.2) is 53.3 Å². The topological polar surface area (TPSA) is 65.6 Å². The van der Waals surface area contributed by atoms with E-state index in [1.807, 2.05) is 36.4 Å². The number of amides is 2. The molecule has 0 spiro atoms. The van der Waals surface area contributed by atoms with Gasteiger partial charge in [-0.1, -0.05) is 23.7 Å². The first-order valence-electron chi connectivity index (χ1n) is 9.98. The third-order valence-corrected chi connectivity index (χ3v) is 6.57. The maximum atomic E-state index is 12.8. The molecule has 1 aromatic heterocycles. The van der Waals surface area contributed by atoms with Crippen LogP contribution in [0.4, 0.5) is 0 Å². The summed E-state index contributed by atoms with van der Waals surface area (Å²) in [6, 6.07) is 13.1. The molecule has 3 heterocycles. The van der Waals surface area contributed by atoms with Gasteiger partial charge in [0.05, 0.1) is 25.6 Å². The number of hydrogen-bond acceptors (Lipinski definition) is 4. The molecule has 2 aromatic carbocycles. The predicted molar refractivity (Wildman–Crippen MR) is 115 cm³/mol. The standard InChI is InChI=1S/C23H22ClN3O3/c1-26-20(28)12-19(23(26)29)27-10-9-16-17-11-15(30-2)7-8-18(17)25-21(16)22(27)13-3-5-14(24)6-4-13/h3-8,11,19,22,25H,9-10,12H2,1-2H3/t19-,22-/m0/s1. The lowest BCUT2D eigenvalue weighted by Gasteiger charge is -2.39. The van der Waals surface area contributed by atoms with Crippen molar-refractivity contribution < 1.29 is 14.3 Å². The number of H-pyrrole nitrogens is 1. The van der Waals surface area contributed by atoms with Crippen LogP contribution in [0, 0.1) is 0 Å². The Bertz CT molecular complexity index is 1150. The highest BCUT2D eigenvalue weighted by atomic mass is 35.5. The van der Waals surface area contributed by atoms with Crippen LogP contribution in [0.2, 0.25) is 5.02 Å². The van der Waals surface area contributed by atoms with Gasteiger partial charge in [0.15, 0.2) is 0 Å². The average molecular weight is 424 g/mol. The molecule has 0 saturated carbocycles. The van der Waals surface area contributed by atoms with Crippen molar-refractivity contribution in [1.29, 1.82) is 0 Å². The fourth-order valence-electron chi connectivity index (χ4n) is 4.75. The molecule has 1 fully saturated rings. The predicted octanol–water partition coefficient (Wildman–Crippen LogP) is 3.53. The smallest absolute Gasteiger partial charge is 0.246 e. The van der Waals surface area contributed by atoms with Gasteiger partial charge in [0.25, 0.3) is 0 Å². The first-order valence-corrected chi connectivity index (χ1v) is 10.4. The van der Waals surface area contributed by atoms with Gasteiger partial charge in [0, 0.05) is 35.2 Å². The summed E-state index contributed by atoms with van der Waals surface area (Å²) in [5.41, 5.74) is 4.35. The molecule has 0 aliphatic carbocycles. The van der Waals surface area contributed by atoms with Gasteiger partial charge in [-0.3, -0.25) is 19.4 Å². The molecule has 7 heteroatoms. The average Bonchev–Trinajstić information content (AvgIpc) is 3.25. The molecule has 0 radical (unpaired) electrons. The third kappa shape index (κ3) is 2.90. The lowest BCUT2D eigenvalue weighted by atomic mass is 9.90. The second-order valence-electron chi connectivity index (χ2n) is 7.88. The van der Waals surface area contributed by atoms with Crippen molar-refractivity contribution in [3.8, 4) is 5.75 Å². The van der Waals surface area contributed by atoms with E-state index in [9.17, 15) is 9.59 Å². The SMILES string of the molecule is COc1ccc2[nH]c3c(c2c1)CCN([C@H]1CC(=O)N(C)C1=O)[C@H]3c1ccc(Cl)cc1. The Morgan fingerprint density at radius 3 is 2.57 bits per heavy atom. The van der Waals surface area contributed by atoms with Crippen molar-refractivity contribution in [2.45, 2.75) is 24.9 Å². The number of rotatable bonds is 3. The summed E-state index contributed by atoms with van der Waals surface area (Å²) in [6.45, 7) is 0.683. The van der Waals surface area contributed by atoms with Gasteiger partial charge in [-0.15, -0.1) is 0 Å². The lowest BCUT2D eigenvalue weighted by Crippen LogP contribution is -2.46. The van der Waals surface area contributed by atoms with E-state index in [-0.39, 0.29) is 24.3 Å². The molecule has 1 saturated heterocycles. The van der Waals surface area contributed by atoms with Crippen LogP contribution in [0.25, 0.3) is 10.9 Å². The number of methoxy groups -OCH3 is 1. The van der Waals surface area contributed by atoms with E-state index < -0.39 is 6.04 Å². The normalized spacial score (nSPS) is 22.0. The van der Waals surface area contributed by atoms with E-state index in [0.717, 1.165) is 34.3 Å². The van der Waals surface area contributed by atoms with Crippen molar-refractivity contribution in [3.63, 3.8) is 0 Å². The zero-order valence-corrected chi connectivity index (χ0v) is 17.6. The van der Waals surface area contributed by atoms with Crippen molar-refractivity contribution >= 4 is 34.3 Å². The molecule has 2 atom stereocenters. The van der Waals surface area contributed by atoms with Crippen LogP contribution in [0.3, 0.4) is 0 Å². The van der Waals surface area contributed by atoms with Gasteiger partial charge < -0.3 is 9.72 Å². The second-order valence-corrected chi connectivity index (χ2v) is 8.32. The fourth-order valence-corrected chi connectivity index (χ4v) is 4.87. The number of benzene rings is 2. The van der Waals surface area contributed by atoms with E-state index >= 15 is 0 Å². The highest BCUT2D eigenvalue weighted by Crippen LogP contribution is 2.41. The first kappa shape index (κ1) is 19.2. The summed E-state index contributed by atoms with van der Waals surface area (Å²) in [5.74, 6) is 0.542. The number of nitrogens with zero attached hydrogens (tertiary/aromatic N) is 2. The van der Waals surface area contributed by atoms with Crippen LogP contribution in [-0.2, 0) is 16.0 Å². The van der Waals surface area contributed by atoms with Crippen LogP contribution in [0.1, 0.15) is 29.3 Å². The molecule has 30 heavy (non-hydrogen) atoms. The third-order valence-electron chi connectivity index (χ3n) is 6.32. The van der Waals surface area contributed by atoms with Crippen LogP contribution in [0.5, 0.6) is 5.75 Å². The largest absolute Gasteiger partial charge is 0.497 e.